The van der Waals surface area contributed by atoms with Crippen molar-refractivity contribution in [1.82, 2.24) is 15.1 Å². The molecule has 0 bridgehead atoms. The third-order valence-corrected chi connectivity index (χ3v) is 6.62. The summed E-state index contributed by atoms with van der Waals surface area (Å²) < 4.78 is 5.73. The van der Waals surface area contributed by atoms with Gasteiger partial charge in [0.2, 0.25) is 17.7 Å². The predicted octanol–water partition coefficient (Wildman–Crippen LogP) is 3.94. The Kier molecular flexibility index (Phi) is 6.59. The molecule has 1 N–H and O–H groups in total. The minimum absolute atomic E-state index is 0.109. The summed E-state index contributed by atoms with van der Waals surface area (Å²) in [6.07, 6.45) is 2.65. The summed E-state index contributed by atoms with van der Waals surface area (Å²) in [6, 6.07) is 12.2. The van der Waals surface area contributed by atoms with E-state index in [9.17, 15) is 9.90 Å². The number of aliphatic hydroxyl groups is 1. The van der Waals surface area contributed by atoms with E-state index in [-0.39, 0.29) is 11.8 Å². The van der Waals surface area contributed by atoms with Crippen LogP contribution in [0.15, 0.2) is 46.2 Å². The van der Waals surface area contributed by atoms with Gasteiger partial charge in [0.05, 0.1) is 12.5 Å². The molecule has 0 spiro atoms. The van der Waals surface area contributed by atoms with Crippen LogP contribution < -0.4 is 0 Å². The molecule has 0 aliphatic carbocycles. The lowest BCUT2D eigenvalue weighted by molar-refractivity contribution is -0.133. The first kappa shape index (κ1) is 20.8. The summed E-state index contributed by atoms with van der Waals surface area (Å²) in [5.41, 5.74) is 2.33. The number of hydrogen-bond donors (Lipinski definition) is 1. The highest BCUT2D eigenvalue weighted by atomic mass is 32.1. The van der Waals surface area contributed by atoms with E-state index in [0.717, 1.165) is 23.3 Å². The molecule has 3 heterocycles. The number of thiophene rings is 1. The molecule has 1 aliphatic heterocycles. The SMILES string of the molecule is Cc1cccc(Cc2nnc(CCC(=O)N3CCC([C@H](O)c4cccs4)CC3)o2)c1. The first-order valence-electron chi connectivity index (χ1n) is 10.4. The van der Waals surface area contributed by atoms with Crippen LogP contribution in [0.1, 0.15) is 53.2 Å². The van der Waals surface area contributed by atoms with E-state index in [2.05, 4.69) is 29.3 Å². The zero-order chi connectivity index (χ0) is 20.9. The first-order valence-corrected chi connectivity index (χ1v) is 11.3. The number of aryl methyl sites for hydroxylation is 2. The molecule has 4 rings (SSSR count). The highest BCUT2D eigenvalue weighted by molar-refractivity contribution is 7.10. The molecule has 0 radical (unpaired) electrons. The average molecular weight is 426 g/mol. The summed E-state index contributed by atoms with van der Waals surface area (Å²) in [5, 5.41) is 20.7. The lowest BCUT2D eigenvalue weighted by Crippen LogP contribution is -2.39. The van der Waals surface area contributed by atoms with Crippen molar-refractivity contribution < 1.29 is 14.3 Å². The van der Waals surface area contributed by atoms with E-state index in [1.165, 1.54) is 5.56 Å². The van der Waals surface area contributed by atoms with Gasteiger partial charge in [0.25, 0.3) is 0 Å². The van der Waals surface area contributed by atoms with Gasteiger partial charge in [-0.2, -0.15) is 0 Å². The minimum atomic E-state index is -0.424. The summed E-state index contributed by atoms with van der Waals surface area (Å²) in [4.78, 5) is 15.5. The van der Waals surface area contributed by atoms with E-state index in [1.807, 2.05) is 34.5 Å². The Hall–Kier alpha value is -2.51. The Bertz CT molecular complexity index is 962. The standard InChI is InChI=1S/C23H27N3O3S/c1-16-4-2-5-17(14-16)15-21-25-24-20(29-21)7-8-22(27)26-11-9-18(10-12-26)23(28)19-6-3-13-30-19/h2-6,13-14,18,23,28H,7-12,15H2,1H3/t23-/m0/s1. The van der Waals surface area contributed by atoms with Crippen molar-refractivity contribution in [3.05, 3.63) is 69.6 Å². The Morgan fingerprint density at radius 2 is 2.03 bits per heavy atom. The fourth-order valence-electron chi connectivity index (χ4n) is 3.99. The maximum atomic E-state index is 12.6. The number of aliphatic hydroxyl groups excluding tert-OH is 1. The normalized spacial score (nSPS) is 16.0. The second kappa shape index (κ2) is 9.53. The van der Waals surface area contributed by atoms with E-state index in [4.69, 9.17) is 4.42 Å². The second-order valence-corrected chi connectivity index (χ2v) is 8.91. The molecule has 6 nitrogen and oxygen atoms in total. The molecule has 1 fully saturated rings. The molecule has 0 saturated carbocycles. The first-order chi connectivity index (χ1) is 14.6. The van der Waals surface area contributed by atoms with Crippen molar-refractivity contribution in [2.45, 2.75) is 45.1 Å². The van der Waals surface area contributed by atoms with Crippen molar-refractivity contribution in [1.29, 1.82) is 0 Å². The highest BCUT2D eigenvalue weighted by Gasteiger charge is 2.28. The molecule has 3 aromatic rings. The number of carbonyl (C=O) groups excluding carboxylic acids is 1. The molecule has 0 unspecified atom stereocenters. The van der Waals surface area contributed by atoms with E-state index >= 15 is 0 Å². The Balaban J connectivity index is 1.23. The molecular weight excluding hydrogens is 398 g/mol. The van der Waals surface area contributed by atoms with Gasteiger partial charge in [-0.3, -0.25) is 4.79 Å². The van der Waals surface area contributed by atoms with Gasteiger partial charge in [0.15, 0.2) is 0 Å². The van der Waals surface area contributed by atoms with Crippen molar-refractivity contribution in [2.24, 2.45) is 5.92 Å². The molecule has 7 heteroatoms. The van der Waals surface area contributed by atoms with Crippen molar-refractivity contribution in [3.8, 4) is 0 Å². The Morgan fingerprint density at radius 3 is 2.77 bits per heavy atom. The highest BCUT2D eigenvalue weighted by Crippen LogP contribution is 2.33. The van der Waals surface area contributed by atoms with Crippen molar-refractivity contribution in [2.75, 3.05) is 13.1 Å². The Labute approximate surface area is 180 Å². The number of benzene rings is 1. The van der Waals surface area contributed by atoms with Gasteiger partial charge in [-0.05, 0) is 42.7 Å². The number of rotatable bonds is 7. The minimum Gasteiger partial charge on any atom is -0.425 e. The smallest absolute Gasteiger partial charge is 0.223 e. The molecule has 1 atom stereocenters. The lowest BCUT2D eigenvalue weighted by atomic mass is 9.90. The maximum Gasteiger partial charge on any atom is 0.223 e. The second-order valence-electron chi connectivity index (χ2n) is 7.93. The number of piperidine rings is 1. The topological polar surface area (TPSA) is 79.5 Å². The number of carbonyl (C=O) groups is 1. The van der Waals surface area contributed by atoms with Crippen LogP contribution in [0.4, 0.5) is 0 Å². The Morgan fingerprint density at radius 1 is 1.23 bits per heavy atom. The monoisotopic (exact) mass is 425 g/mol. The third kappa shape index (κ3) is 5.15. The van der Waals surface area contributed by atoms with E-state index < -0.39 is 6.10 Å². The molecule has 30 heavy (non-hydrogen) atoms. The number of hydrogen-bond acceptors (Lipinski definition) is 6. The van der Waals surface area contributed by atoms with Gasteiger partial charge < -0.3 is 14.4 Å². The third-order valence-electron chi connectivity index (χ3n) is 5.67. The van der Waals surface area contributed by atoms with Gasteiger partial charge in [-0.15, -0.1) is 21.5 Å². The van der Waals surface area contributed by atoms with Crippen LogP contribution >= 0.6 is 11.3 Å². The van der Waals surface area contributed by atoms with Crippen molar-refractivity contribution >= 4 is 17.2 Å². The summed E-state index contributed by atoms with van der Waals surface area (Å²) in [7, 11) is 0. The fourth-order valence-corrected chi connectivity index (χ4v) is 4.79. The molecule has 1 aliphatic rings. The summed E-state index contributed by atoms with van der Waals surface area (Å²) in [6.45, 7) is 3.43. The van der Waals surface area contributed by atoms with Crippen LogP contribution in [-0.4, -0.2) is 39.2 Å². The maximum absolute atomic E-state index is 12.6. The largest absolute Gasteiger partial charge is 0.425 e. The summed E-state index contributed by atoms with van der Waals surface area (Å²) in [5.74, 6) is 1.41. The van der Waals surface area contributed by atoms with Crippen LogP contribution in [0.25, 0.3) is 0 Å². The van der Waals surface area contributed by atoms with E-state index in [0.29, 0.717) is 44.1 Å². The molecule has 1 saturated heterocycles. The van der Waals surface area contributed by atoms with E-state index in [1.54, 1.807) is 11.3 Å². The molecule has 1 aromatic carbocycles. The lowest BCUT2D eigenvalue weighted by Gasteiger charge is -2.34. The van der Waals surface area contributed by atoms with Crippen LogP contribution in [0.2, 0.25) is 0 Å². The van der Waals surface area contributed by atoms with Crippen LogP contribution in [0, 0.1) is 12.8 Å². The molecule has 2 aromatic heterocycles. The quantitative estimate of drug-likeness (QED) is 0.620. The zero-order valence-corrected chi connectivity index (χ0v) is 18.0. The summed E-state index contributed by atoms with van der Waals surface area (Å²) >= 11 is 1.59. The number of aromatic nitrogens is 2. The molecule has 158 valence electrons. The number of amides is 1. The van der Waals surface area contributed by atoms with Gasteiger partial charge in [0, 0.05) is 30.8 Å². The zero-order valence-electron chi connectivity index (χ0n) is 17.2. The van der Waals surface area contributed by atoms with Crippen LogP contribution in [-0.2, 0) is 17.6 Å². The van der Waals surface area contributed by atoms with Crippen LogP contribution in [0.3, 0.4) is 0 Å². The molecular formula is C23H27N3O3S. The number of likely N-dealkylation sites (tertiary alicyclic amines) is 1. The average Bonchev–Trinajstić information content (AvgIpc) is 3.44. The molecule has 1 amide bonds. The van der Waals surface area contributed by atoms with Gasteiger partial charge in [-0.1, -0.05) is 35.9 Å². The van der Waals surface area contributed by atoms with Crippen molar-refractivity contribution in [3.63, 3.8) is 0 Å². The van der Waals surface area contributed by atoms with Gasteiger partial charge >= 0.3 is 0 Å². The predicted molar refractivity (Wildman–Crippen MR) is 115 cm³/mol. The van der Waals surface area contributed by atoms with Crippen LogP contribution in [0.5, 0.6) is 0 Å². The fraction of sp³-hybridized carbons (Fsp3) is 0.435. The van der Waals surface area contributed by atoms with Gasteiger partial charge in [-0.25, -0.2) is 0 Å². The number of nitrogens with zero attached hydrogens (tertiary/aromatic N) is 3. The van der Waals surface area contributed by atoms with Gasteiger partial charge in [0.1, 0.15) is 0 Å².